The standard InChI is InChI=1S/C24H28N2O4/c1-6-12-9-16(25)21(28)18-14(12)7-13-8-15-19(26(4)5)20(27)10(2)11(3)24(15)23(30-24)17(13)22(18)29/h9,13,15,19,27-28H,3,6-8,25H2,1-2,4-5H3/t13?,15-,19?,24-/m0/s1. The molecule has 1 aromatic carbocycles. The number of likely N-dealkylation sites (N-methyl/N-ethyl adjacent to an activating group) is 1. The molecule has 4 aliphatic rings. The zero-order valence-corrected chi connectivity index (χ0v) is 17.9. The van der Waals surface area contributed by atoms with Crippen LogP contribution in [0.2, 0.25) is 0 Å². The van der Waals surface area contributed by atoms with E-state index in [0.29, 0.717) is 35.5 Å². The third kappa shape index (κ3) is 2.10. The van der Waals surface area contributed by atoms with E-state index in [9.17, 15) is 15.0 Å². The molecule has 0 bridgehead atoms. The van der Waals surface area contributed by atoms with E-state index < -0.39 is 5.60 Å². The summed E-state index contributed by atoms with van der Waals surface area (Å²) in [6, 6.07) is 1.58. The Morgan fingerprint density at radius 2 is 2.07 bits per heavy atom. The largest absolute Gasteiger partial charge is 0.510 e. The molecule has 0 amide bonds. The molecule has 158 valence electrons. The molecule has 6 nitrogen and oxygen atoms in total. The lowest BCUT2D eigenvalue weighted by molar-refractivity contribution is 0.0898. The summed E-state index contributed by atoms with van der Waals surface area (Å²) in [5, 5.41) is 21.5. The van der Waals surface area contributed by atoms with E-state index in [-0.39, 0.29) is 35.1 Å². The van der Waals surface area contributed by atoms with Gasteiger partial charge in [-0.15, -0.1) is 0 Å². The van der Waals surface area contributed by atoms with Crippen molar-refractivity contribution in [3.8, 4) is 5.75 Å². The number of carbonyl (C=O) groups excluding carboxylic acids is 1. The molecule has 1 heterocycles. The van der Waals surface area contributed by atoms with Crippen LogP contribution in [0.1, 0.15) is 41.8 Å². The van der Waals surface area contributed by atoms with Gasteiger partial charge in [0.25, 0.3) is 0 Å². The number of rotatable bonds is 2. The third-order valence-electron chi connectivity index (χ3n) is 7.61. The molecule has 4 atom stereocenters. The average Bonchev–Trinajstić information content (AvgIpc) is 3.44. The summed E-state index contributed by atoms with van der Waals surface area (Å²) in [5.74, 6) is 0.656. The molecule has 0 saturated carbocycles. The van der Waals surface area contributed by atoms with Crippen molar-refractivity contribution in [2.75, 3.05) is 19.8 Å². The number of phenols is 1. The predicted octanol–water partition coefficient (Wildman–Crippen LogP) is 3.27. The van der Waals surface area contributed by atoms with Gasteiger partial charge in [0.1, 0.15) is 11.5 Å². The highest BCUT2D eigenvalue weighted by Crippen LogP contribution is 2.66. The number of Topliss-reactive ketones (excluding diaryl/α,β-unsaturated/α-hetero) is 1. The fraction of sp³-hybridized carbons (Fsp3) is 0.458. The Bertz CT molecular complexity index is 1100. The van der Waals surface area contributed by atoms with Crippen LogP contribution in [0.3, 0.4) is 0 Å². The Balaban J connectivity index is 1.71. The zero-order chi connectivity index (χ0) is 21.7. The highest BCUT2D eigenvalue weighted by Gasteiger charge is 2.70. The minimum absolute atomic E-state index is 0.0181. The van der Waals surface area contributed by atoms with E-state index in [4.69, 9.17) is 10.5 Å². The van der Waals surface area contributed by atoms with E-state index in [1.54, 1.807) is 6.07 Å². The number of fused-ring (bicyclic) bond motifs is 2. The summed E-state index contributed by atoms with van der Waals surface area (Å²) in [6.45, 7) is 8.11. The van der Waals surface area contributed by atoms with Crippen LogP contribution in [-0.2, 0) is 17.6 Å². The number of hydrogen-bond donors (Lipinski definition) is 3. The quantitative estimate of drug-likeness (QED) is 0.395. The smallest absolute Gasteiger partial charge is 0.196 e. The number of allylic oxidation sites excluding steroid dienone is 1. The van der Waals surface area contributed by atoms with Crippen molar-refractivity contribution in [2.24, 2.45) is 11.8 Å². The van der Waals surface area contributed by atoms with Crippen LogP contribution in [0.5, 0.6) is 5.75 Å². The van der Waals surface area contributed by atoms with Gasteiger partial charge < -0.3 is 20.7 Å². The Labute approximate surface area is 176 Å². The molecular weight excluding hydrogens is 380 g/mol. The van der Waals surface area contributed by atoms with Crippen LogP contribution in [0.4, 0.5) is 5.69 Å². The molecule has 30 heavy (non-hydrogen) atoms. The van der Waals surface area contributed by atoms with E-state index in [0.717, 1.165) is 28.7 Å². The van der Waals surface area contributed by atoms with E-state index in [1.807, 2.05) is 32.8 Å². The fourth-order valence-electron chi connectivity index (χ4n) is 6.07. The number of hydrogen-bond acceptors (Lipinski definition) is 6. The number of phenolic OH excluding ortho intramolecular Hbond substituents is 1. The Morgan fingerprint density at radius 1 is 1.37 bits per heavy atom. The second kappa shape index (κ2) is 5.91. The SMILES string of the molecule is C=C1C(C)=C(O)C(N(C)C)[C@@H]2CC3Cc4c(CC)cc(N)c(O)c4C(=O)C3=C3O[C@]132. The number of aliphatic hydroxyl groups excluding tert-OH is 1. The average molecular weight is 408 g/mol. The van der Waals surface area contributed by atoms with E-state index in [2.05, 4.69) is 6.58 Å². The maximum absolute atomic E-state index is 13.6. The number of ketones is 1. The van der Waals surface area contributed by atoms with Crippen LogP contribution in [-0.4, -0.2) is 46.6 Å². The summed E-state index contributed by atoms with van der Waals surface area (Å²) in [6.07, 6.45) is 2.10. The maximum Gasteiger partial charge on any atom is 0.196 e. The van der Waals surface area contributed by atoms with E-state index in [1.165, 1.54) is 0 Å². The van der Waals surface area contributed by atoms with Crippen LogP contribution < -0.4 is 5.73 Å². The van der Waals surface area contributed by atoms with Crippen molar-refractivity contribution in [3.05, 3.63) is 57.6 Å². The number of benzene rings is 1. The van der Waals surface area contributed by atoms with Gasteiger partial charge in [-0.1, -0.05) is 13.5 Å². The molecule has 2 unspecified atom stereocenters. The lowest BCUT2D eigenvalue weighted by Crippen LogP contribution is -2.51. The Kier molecular flexibility index (Phi) is 3.79. The molecule has 3 aliphatic carbocycles. The van der Waals surface area contributed by atoms with Crippen molar-refractivity contribution < 1.29 is 19.7 Å². The third-order valence-corrected chi connectivity index (χ3v) is 7.61. The molecule has 0 radical (unpaired) electrons. The second-order valence-corrected chi connectivity index (χ2v) is 9.23. The van der Waals surface area contributed by atoms with Gasteiger partial charge in [-0.2, -0.15) is 0 Å². The molecule has 1 spiro atoms. The normalized spacial score (nSPS) is 31.8. The summed E-state index contributed by atoms with van der Waals surface area (Å²) >= 11 is 0. The minimum Gasteiger partial charge on any atom is -0.510 e. The molecule has 5 rings (SSSR count). The van der Waals surface area contributed by atoms with Gasteiger partial charge in [-0.05, 0) is 69.0 Å². The van der Waals surface area contributed by atoms with Crippen molar-refractivity contribution in [2.45, 2.75) is 44.8 Å². The van der Waals surface area contributed by atoms with E-state index >= 15 is 0 Å². The molecule has 6 heteroatoms. The predicted molar refractivity (Wildman–Crippen MR) is 114 cm³/mol. The first kappa shape index (κ1) is 19.2. The van der Waals surface area contributed by atoms with Gasteiger partial charge in [0, 0.05) is 17.1 Å². The summed E-state index contributed by atoms with van der Waals surface area (Å²) < 4.78 is 6.24. The fourth-order valence-corrected chi connectivity index (χ4v) is 6.07. The number of carbonyl (C=O) groups is 1. The van der Waals surface area contributed by atoms with Gasteiger partial charge in [0.15, 0.2) is 17.1 Å². The molecular formula is C24H28N2O4. The maximum atomic E-state index is 13.6. The van der Waals surface area contributed by atoms with Crippen LogP contribution in [0, 0.1) is 11.8 Å². The van der Waals surface area contributed by atoms with Crippen molar-refractivity contribution in [1.82, 2.24) is 4.90 Å². The molecule has 4 N–H and O–H groups in total. The van der Waals surface area contributed by atoms with Crippen molar-refractivity contribution >= 4 is 11.5 Å². The lowest BCUT2D eigenvalue weighted by atomic mass is 9.60. The summed E-state index contributed by atoms with van der Waals surface area (Å²) in [7, 11) is 3.91. The number of epoxide rings is 1. The zero-order valence-electron chi connectivity index (χ0n) is 17.9. The van der Waals surface area contributed by atoms with Gasteiger partial charge in [-0.3, -0.25) is 9.69 Å². The highest BCUT2D eigenvalue weighted by atomic mass is 16.6. The second-order valence-electron chi connectivity index (χ2n) is 9.23. The monoisotopic (exact) mass is 408 g/mol. The number of ether oxygens (including phenoxy) is 1. The molecule has 1 saturated heterocycles. The van der Waals surface area contributed by atoms with Crippen LogP contribution >= 0.6 is 0 Å². The first-order chi connectivity index (χ1) is 14.1. The number of anilines is 1. The Morgan fingerprint density at radius 3 is 2.70 bits per heavy atom. The van der Waals surface area contributed by atoms with Gasteiger partial charge in [-0.25, -0.2) is 0 Å². The topological polar surface area (TPSA) is 99.3 Å². The molecule has 1 aliphatic heterocycles. The van der Waals surface area contributed by atoms with Crippen molar-refractivity contribution in [3.63, 3.8) is 0 Å². The van der Waals surface area contributed by atoms with Crippen molar-refractivity contribution in [1.29, 1.82) is 0 Å². The van der Waals surface area contributed by atoms with Crippen LogP contribution in [0.15, 0.2) is 40.9 Å². The first-order valence-corrected chi connectivity index (χ1v) is 10.5. The van der Waals surface area contributed by atoms with Gasteiger partial charge in [0.05, 0.1) is 17.3 Å². The summed E-state index contributed by atoms with van der Waals surface area (Å²) in [5.41, 5.74) is 9.84. The summed E-state index contributed by atoms with van der Waals surface area (Å²) in [4.78, 5) is 15.6. The number of aryl methyl sites for hydroxylation is 1. The van der Waals surface area contributed by atoms with Gasteiger partial charge >= 0.3 is 0 Å². The number of aromatic hydroxyl groups is 1. The van der Waals surface area contributed by atoms with Gasteiger partial charge in [0.2, 0.25) is 0 Å². The number of aliphatic hydroxyl groups is 1. The Hall–Kier alpha value is -2.73. The number of nitrogens with zero attached hydrogens (tertiary/aromatic N) is 1. The molecule has 1 fully saturated rings. The van der Waals surface area contributed by atoms with Crippen LogP contribution in [0.25, 0.3) is 0 Å². The first-order valence-electron chi connectivity index (χ1n) is 10.5. The number of nitrogen functional groups attached to an aromatic ring is 1. The number of nitrogens with two attached hydrogens (primary N) is 1. The molecule has 1 aromatic rings. The minimum atomic E-state index is -0.728. The highest BCUT2D eigenvalue weighted by molar-refractivity contribution is 6.15. The molecule has 0 aromatic heterocycles. The lowest BCUT2D eigenvalue weighted by Gasteiger charge is -2.44.